The lowest BCUT2D eigenvalue weighted by molar-refractivity contribution is -0.140. The first-order valence-corrected chi connectivity index (χ1v) is 16.5. The normalized spacial score (nSPS) is 23.6. The monoisotopic (exact) mass is 524 g/mol. The molecule has 0 amide bonds. The standard InChI is InChI=1S/C31H44O5Si/c1-8-9-12-21(2)26(32)18-17-24-23(20-31(3,4)37(6,7)34)19-27-29(24)25-15-10-13-22(30(25)36-27)14-11-16-28(33)35-5/h10,13,15,17-18,21,23-24,27,29,34H,11-12,14,16,19-20H2,1-7H3/b18-17+/t21-,23-,24-,27-,29-/m0/s1. The van der Waals surface area contributed by atoms with Crippen molar-refractivity contribution in [3.05, 3.63) is 41.5 Å². The minimum atomic E-state index is -2.39. The van der Waals surface area contributed by atoms with Gasteiger partial charge in [0.15, 0.2) is 14.1 Å². The third kappa shape index (κ3) is 6.75. The summed E-state index contributed by atoms with van der Waals surface area (Å²) in [6, 6.07) is 6.32. The highest BCUT2D eigenvalue weighted by molar-refractivity contribution is 6.72. The van der Waals surface area contributed by atoms with Crippen molar-refractivity contribution in [2.45, 2.75) is 96.4 Å². The highest BCUT2D eigenvalue weighted by atomic mass is 28.4. The molecule has 1 aliphatic heterocycles. The van der Waals surface area contributed by atoms with Gasteiger partial charge in [0.05, 0.1) is 7.11 Å². The van der Waals surface area contributed by atoms with Gasteiger partial charge in [-0.25, -0.2) is 0 Å². The van der Waals surface area contributed by atoms with E-state index in [1.165, 1.54) is 12.7 Å². The zero-order chi connectivity index (χ0) is 27.4. The number of allylic oxidation sites excluding steroid dienone is 2. The fraction of sp³-hybridized carbons (Fsp3) is 0.613. The molecule has 0 spiro atoms. The molecule has 0 bridgehead atoms. The second-order valence-corrected chi connectivity index (χ2v) is 16.4. The summed E-state index contributed by atoms with van der Waals surface area (Å²) < 4.78 is 11.4. The molecule has 0 radical (unpaired) electrons. The SMILES string of the molecule is CC#CC[C@H](C)C(=O)/C=C/[C@H]1[C@H](CC(C)(C)[Si](C)(C)O)C[C@@H]2Oc3c(CCCC(=O)OC)cccc3[C@H]12. The number of rotatable bonds is 11. The summed E-state index contributed by atoms with van der Waals surface area (Å²) >= 11 is 0. The molecule has 0 saturated heterocycles. The van der Waals surface area contributed by atoms with Gasteiger partial charge in [0.2, 0.25) is 0 Å². The minimum absolute atomic E-state index is 0.0502. The second-order valence-electron chi connectivity index (χ2n) is 12.0. The van der Waals surface area contributed by atoms with Crippen LogP contribution in [0, 0.1) is 29.6 Å². The van der Waals surface area contributed by atoms with Crippen molar-refractivity contribution in [2.75, 3.05) is 7.11 Å². The Kier molecular flexibility index (Phi) is 9.47. The molecule has 37 heavy (non-hydrogen) atoms. The van der Waals surface area contributed by atoms with Gasteiger partial charge in [-0.15, -0.1) is 11.8 Å². The maximum atomic E-state index is 12.9. The van der Waals surface area contributed by atoms with E-state index in [0.717, 1.165) is 30.6 Å². The van der Waals surface area contributed by atoms with Gasteiger partial charge in [-0.3, -0.25) is 9.59 Å². The number of carbonyl (C=O) groups excluding carboxylic acids is 2. The third-order valence-electron chi connectivity index (χ3n) is 8.69. The molecule has 1 aromatic rings. The number of para-hydroxylation sites is 1. The van der Waals surface area contributed by atoms with E-state index >= 15 is 0 Å². The number of aryl methyl sites for hydroxylation is 1. The number of methoxy groups -OCH3 is 1. The Balaban J connectivity index is 1.89. The molecule has 1 heterocycles. The van der Waals surface area contributed by atoms with Gasteiger partial charge in [0.25, 0.3) is 0 Å². The Hall–Kier alpha value is -2.36. The van der Waals surface area contributed by atoms with Crippen molar-refractivity contribution in [3.63, 3.8) is 0 Å². The van der Waals surface area contributed by atoms with Crippen molar-refractivity contribution in [1.29, 1.82) is 0 Å². The molecule has 1 saturated carbocycles. The second kappa shape index (κ2) is 12.0. The summed E-state index contributed by atoms with van der Waals surface area (Å²) in [6.45, 7) is 12.1. The Morgan fingerprint density at radius 2 is 2.05 bits per heavy atom. The lowest BCUT2D eigenvalue weighted by atomic mass is 9.80. The van der Waals surface area contributed by atoms with Crippen LogP contribution in [0.25, 0.3) is 0 Å². The fourth-order valence-electron chi connectivity index (χ4n) is 5.68. The molecule has 5 atom stereocenters. The van der Waals surface area contributed by atoms with Crippen molar-refractivity contribution >= 4 is 20.1 Å². The number of ketones is 1. The predicted molar refractivity (Wildman–Crippen MR) is 150 cm³/mol. The molecule has 1 aromatic carbocycles. The maximum Gasteiger partial charge on any atom is 0.305 e. The van der Waals surface area contributed by atoms with E-state index in [9.17, 15) is 14.4 Å². The summed E-state index contributed by atoms with van der Waals surface area (Å²) in [4.78, 5) is 35.5. The Labute approximate surface area is 224 Å². The highest BCUT2D eigenvalue weighted by Crippen LogP contribution is 2.58. The molecule has 6 heteroatoms. The van der Waals surface area contributed by atoms with Crippen LogP contribution in [0.2, 0.25) is 18.1 Å². The maximum absolute atomic E-state index is 12.9. The molecule has 2 aliphatic rings. The van der Waals surface area contributed by atoms with Gasteiger partial charge < -0.3 is 14.3 Å². The molecule has 1 N–H and O–H groups in total. The lowest BCUT2D eigenvalue weighted by Gasteiger charge is -2.38. The largest absolute Gasteiger partial charge is 0.489 e. The topological polar surface area (TPSA) is 72.8 Å². The van der Waals surface area contributed by atoms with E-state index in [1.807, 2.05) is 20.0 Å². The average molecular weight is 525 g/mol. The number of hydrogen-bond donors (Lipinski definition) is 1. The number of fused-ring (bicyclic) bond motifs is 3. The number of carbonyl (C=O) groups is 2. The molecular weight excluding hydrogens is 480 g/mol. The van der Waals surface area contributed by atoms with Crippen molar-refractivity contribution in [1.82, 2.24) is 0 Å². The van der Waals surface area contributed by atoms with Crippen molar-refractivity contribution in [2.24, 2.45) is 17.8 Å². The van der Waals surface area contributed by atoms with Crippen LogP contribution < -0.4 is 4.74 Å². The molecule has 5 nitrogen and oxygen atoms in total. The van der Waals surface area contributed by atoms with E-state index in [4.69, 9.17) is 9.47 Å². The van der Waals surface area contributed by atoms with Gasteiger partial charge in [0.1, 0.15) is 11.9 Å². The van der Waals surface area contributed by atoms with Crippen LogP contribution in [0.4, 0.5) is 0 Å². The Bertz CT molecular complexity index is 1070. The van der Waals surface area contributed by atoms with Crippen molar-refractivity contribution < 1.29 is 23.9 Å². The van der Waals surface area contributed by atoms with Crippen LogP contribution in [-0.4, -0.2) is 38.1 Å². The number of benzene rings is 1. The van der Waals surface area contributed by atoms with Crippen LogP contribution >= 0.6 is 0 Å². The Morgan fingerprint density at radius 1 is 1.32 bits per heavy atom. The van der Waals surface area contributed by atoms with E-state index in [-0.39, 0.29) is 40.6 Å². The van der Waals surface area contributed by atoms with E-state index in [2.05, 4.69) is 50.0 Å². The van der Waals surface area contributed by atoms with Crippen LogP contribution in [-0.2, 0) is 20.7 Å². The first-order chi connectivity index (χ1) is 17.4. The summed E-state index contributed by atoms with van der Waals surface area (Å²) in [5.74, 6) is 7.28. The van der Waals surface area contributed by atoms with Crippen LogP contribution in [0.15, 0.2) is 30.4 Å². The molecule has 202 valence electrons. The minimum Gasteiger partial charge on any atom is -0.489 e. The first kappa shape index (κ1) is 29.2. The molecule has 1 aliphatic carbocycles. The van der Waals surface area contributed by atoms with E-state index in [1.54, 1.807) is 13.0 Å². The predicted octanol–water partition coefficient (Wildman–Crippen LogP) is 6.21. The molecular formula is C31H44O5Si. The van der Waals surface area contributed by atoms with Crippen LogP contribution in [0.5, 0.6) is 5.75 Å². The summed E-state index contributed by atoms with van der Waals surface area (Å²) in [5, 5.41) is -0.158. The van der Waals surface area contributed by atoms with Gasteiger partial charge in [-0.05, 0) is 74.2 Å². The quantitative estimate of drug-likeness (QED) is 0.161. The summed E-state index contributed by atoms with van der Waals surface area (Å²) in [6.07, 6.45) is 8.17. The summed E-state index contributed by atoms with van der Waals surface area (Å²) in [5.41, 5.74) is 2.33. The third-order valence-corrected chi connectivity index (χ3v) is 12.2. The molecule has 0 unspecified atom stereocenters. The zero-order valence-corrected chi connectivity index (χ0v) is 24.6. The average Bonchev–Trinajstić information content (AvgIpc) is 3.35. The number of ether oxygens (including phenoxy) is 2. The van der Waals surface area contributed by atoms with E-state index in [0.29, 0.717) is 25.2 Å². The fourth-order valence-corrected chi connectivity index (χ4v) is 6.45. The van der Waals surface area contributed by atoms with Crippen molar-refractivity contribution in [3.8, 4) is 17.6 Å². The Morgan fingerprint density at radius 3 is 2.70 bits per heavy atom. The number of hydrogen-bond acceptors (Lipinski definition) is 5. The van der Waals surface area contributed by atoms with Gasteiger partial charge in [-0.1, -0.05) is 45.0 Å². The molecule has 3 rings (SSSR count). The smallest absolute Gasteiger partial charge is 0.305 e. The lowest BCUT2D eigenvalue weighted by Crippen LogP contribution is -2.40. The van der Waals surface area contributed by atoms with Gasteiger partial charge >= 0.3 is 5.97 Å². The van der Waals surface area contributed by atoms with Gasteiger partial charge in [-0.2, -0.15) is 0 Å². The first-order valence-electron chi connectivity index (χ1n) is 13.6. The van der Waals surface area contributed by atoms with Gasteiger partial charge in [0, 0.05) is 30.2 Å². The molecule has 0 aromatic heterocycles. The van der Waals surface area contributed by atoms with Crippen LogP contribution in [0.1, 0.15) is 76.8 Å². The highest BCUT2D eigenvalue weighted by Gasteiger charge is 2.52. The zero-order valence-electron chi connectivity index (χ0n) is 23.6. The number of esters is 1. The molecule has 1 fully saturated rings. The van der Waals surface area contributed by atoms with Crippen LogP contribution in [0.3, 0.4) is 0 Å². The summed E-state index contributed by atoms with van der Waals surface area (Å²) in [7, 11) is -0.971. The van der Waals surface area contributed by atoms with E-state index < -0.39 is 8.32 Å².